The van der Waals surface area contributed by atoms with Crippen LogP contribution < -0.4 is 5.32 Å². The van der Waals surface area contributed by atoms with Crippen molar-refractivity contribution in [2.45, 2.75) is 39.8 Å². The van der Waals surface area contributed by atoms with Gasteiger partial charge in [-0.1, -0.05) is 20.8 Å². The highest BCUT2D eigenvalue weighted by Crippen LogP contribution is 2.26. The SMILES string of the molecule is C[C@@H]1OC(=O)N[C@H]1C(C)(C)C. The quantitative estimate of drug-likeness (QED) is 0.579. The van der Waals surface area contributed by atoms with Crippen LogP contribution in [0.4, 0.5) is 4.79 Å². The molecule has 1 amide bonds. The highest BCUT2D eigenvalue weighted by Gasteiger charge is 2.38. The van der Waals surface area contributed by atoms with Crippen molar-refractivity contribution in [1.82, 2.24) is 5.32 Å². The van der Waals surface area contributed by atoms with Gasteiger partial charge in [-0.2, -0.15) is 0 Å². The number of hydrogen-bond acceptors (Lipinski definition) is 2. The zero-order valence-corrected chi connectivity index (χ0v) is 7.47. The summed E-state index contributed by atoms with van der Waals surface area (Å²) in [6, 6.07) is 0.134. The normalized spacial score (nSPS) is 31.5. The van der Waals surface area contributed by atoms with E-state index in [1.165, 1.54) is 0 Å². The molecule has 0 aromatic rings. The number of ether oxygens (including phenoxy) is 1. The molecule has 0 aliphatic carbocycles. The van der Waals surface area contributed by atoms with Crippen molar-refractivity contribution in [1.29, 1.82) is 0 Å². The van der Waals surface area contributed by atoms with Crippen LogP contribution in [0.25, 0.3) is 0 Å². The lowest BCUT2D eigenvalue weighted by Crippen LogP contribution is -2.41. The minimum Gasteiger partial charge on any atom is -0.444 e. The summed E-state index contributed by atoms with van der Waals surface area (Å²) < 4.78 is 4.95. The van der Waals surface area contributed by atoms with Crippen LogP contribution in [0.2, 0.25) is 0 Å². The van der Waals surface area contributed by atoms with E-state index in [4.69, 9.17) is 4.74 Å². The third kappa shape index (κ3) is 1.64. The molecule has 1 aliphatic rings. The average molecular weight is 157 g/mol. The second-order valence-corrected chi connectivity index (χ2v) is 4.10. The molecule has 0 aromatic heterocycles. The fourth-order valence-corrected chi connectivity index (χ4v) is 1.44. The van der Waals surface area contributed by atoms with Crippen LogP contribution in [-0.4, -0.2) is 18.2 Å². The lowest BCUT2D eigenvalue weighted by Gasteiger charge is -2.27. The highest BCUT2D eigenvalue weighted by molar-refractivity contribution is 5.70. The lowest BCUT2D eigenvalue weighted by atomic mass is 9.84. The van der Waals surface area contributed by atoms with E-state index in [1.807, 2.05) is 6.92 Å². The van der Waals surface area contributed by atoms with Gasteiger partial charge in [-0.3, -0.25) is 0 Å². The van der Waals surface area contributed by atoms with Crippen molar-refractivity contribution in [2.24, 2.45) is 5.41 Å². The largest absolute Gasteiger partial charge is 0.444 e. The van der Waals surface area contributed by atoms with Crippen molar-refractivity contribution in [3.8, 4) is 0 Å². The Morgan fingerprint density at radius 2 is 2.00 bits per heavy atom. The van der Waals surface area contributed by atoms with Gasteiger partial charge in [0.1, 0.15) is 6.10 Å². The summed E-state index contributed by atoms with van der Waals surface area (Å²) in [6.07, 6.45) is -0.306. The van der Waals surface area contributed by atoms with Gasteiger partial charge in [-0.05, 0) is 12.3 Å². The van der Waals surface area contributed by atoms with Crippen LogP contribution in [-0.2, 0) is 4.74 Å². The Balaban J connectivity index is 2.67. The molecule has 3 nitrogen and oxygen atoms in total. The minimum atomic E-state index is -0.294. The molecule has 1 fully saturated rings. The van der Waals surface area contributed by atoms with E-state index < -0.39 is 0 Å². The number of carbonyl (C=O) groups is 1. The maximum Gasteiger partial charge on any atom is 0.407 e. The molecule has 1 heterocycles. The van der Waals surface area contributed by atoms with E-state index in [0.29, 0.717) is 0 Å². The molecule has 1 rings (SSSR count). The Bertz CT molecular complexity index is 171. The van der Waals surface area contributed by atoms with Crippen molar-refractivity contribution < 1.29 is 9.53 Å². The first kappa shape index (κ1) is 8.37. The second-order valence-electron chi connectivity index (χ2n) is 4.10. The summed E-state index contributed by atoms with van der Waals surface area (Å²) >= 11 is 0. The van der Waals surface area contributed by atoms with Gasteiger partial charge in [0.2, 0.25) is 0 Å². The average Bonchev–Trinajstić information content (AvgIpc) is 2.08. The van der Waals surface area contributed by atoms with E-state index in [2.05, 4.69) is 26.1 Å². The zero-order chi connectivity index (χ0) is 8.65. The third-order valence-electron chi connectivity index (χ3n) is 1.97. The standard InChI is InChI=1S/C8H15NO2/c1-5-6(8(2,3)4)9-7(10)11-5/h5-6H,1-4H3,(H,9,10)/t5-,6+/m0/s1. The summed E-state index contributed by atoms with van der Waals surface area (Å²) in [4.78, 5) is 10.8. The minimum absolute atomic E-state index is 0.0116. The molecule has 0 spiro atoms. The number of alkyl carbamates (subject to hydrolysis) is 1. The number of carbonyl (C=O) groups excluding carboxylic acids is 1. The Morgan fingerprint density at radius 3 is 2.18 bits per heavy atom. The van der Waals surface area contributed by atoms with Crippen LogP contribution >= 0.6 is 0 Å². The van der Waals surface area contributed by atoms with Crippen LogP contribution in [0.5, 0.6) is 0 Å². The molecule has 2 atom stereocenters. The number of hydrogen-bond donors (Lipinski definition) is 1. The van der Waals surface area contributed by atoms with Crippen LogP contribution in [0.15, 0.2) is 0 Å². The van der Waals surface area contributed by atoms with Gasteiger partial charge in [0.05, 0.1) is 6.04 Å². The molecule has 1 N–H and O–H groups in total. The van der Waals surface area contributed by atoms with Crippen molar-refractivity contribution >= 4 is 6.09 Å². The van der Waals surface area contributed by atoms with Gasteiger partial charge in [-0.15, -0.1) is 0 Å². The lowest BCUT2D eigenvalue weighted by molar-refractivity contribution is 0.123. The van der Waals surface area contributed by atoms with E-state index in [1.54, 1.807) is 0 Å². The molecule has 0 saturated carbocycles. The molecule has 3 heteroatoms. The van der Waals surface area contributed by atoms with E-state index >= 15 is 0 Å². The Hall–Kier alpha value is -0.730. The van der Waals surface area contributed by atoms with Gasteiger partial charge in [0.15, 0.2) is 0 Å². The van der Waals surface area contributed by atoms with Gasteiger partial charge in [0.25, 0.3) is 0 Å². The first-order valence-corrected chi connectivity index (χ1v) is 3.88. The maximum atomic E-state index is 10.8. The van der Waals surface area contributed by atoms with E-state index in [0.717, 1.165) is 0 Å². The molecular formula is C8H15NO2. The molecule has 0 aromatic carbocycles. The fourth-order valence-electron chi connectivity index (χ4n) is 1.44. The summed E-state index contributed by atoms with van der Waals surface area (Å²) in [6.45, 7) is 8.17. The molecule has 0 unspecified atom stereocenters. The Kier molecular flexibility index (Phi) is 1.82. The number of cyclic esters (lactones) is 1. The Morgan fingerprint density at radius 1 is 1.45 bits per heavy atom. The first-order valence-electron chi connectivity index (χ1n) is 3.88. The number of amides is 1. The molecule has 1 aliphatic heterocycles. The fraction of sp³-hybridized carbons (Fsp3) is 0.875. The summed E-state index contributed by atoms with van der Waals surface area (Å²) in [5.41, 5.74) is 0.0750. The van der Waals surface area contributed by atoms with Gasteiger partial charge in [0, 0.05) is 0 Å². The predicted octanol–water partition coefficient (Wildman–Crippen LogP) is 1.53. The monoisotopic (exact) mass is 157 g/mol. The zero-order valence-electron chi connectivity index (χ0n) is 7.47. The van der Waals surface area contributed by atoms with Gasteiger partial charge < -0.3 is 10.1 Å². The summed E-state index contributed by atoms with van der Waals surface area (Å²) in [5, 5.41) is 2.78. The maximum absolute atomic E-state index is 10.8. The van der Waals surface area contributed by atoms with Crippen LogP contribution in [0, 0.1) is 5.41 Å². The smallest absolute Gasteiger partial charge is 0.407 e. The van der Waals surface area contributed by atoms with Gasteiger partial charge in [-0.25, -0.2) is 4.79 Å². The number of nitrogens with one attached hydrogen (secondary N) is 1. The van der Waals surface area contributed by atoms with Crippen LogP contribution in [0.3, 0.4) is 0 Å². The molecular weight excluding hydrogens is 142 g/mol. The summed E-state index contributed by atoms with van der Waals surface area (Å²) in [7, 11) is 0. The Labute approximate surface area is 67.1 Å². The van der Waals surface area contributed by atoms with Crippen molar-refractivity contribution in [3.63, 3.8) is 0 Å². The van der Waals surface area contributed by atoms with E-state index in [9.17, 15) is 4.79 Å². The predicted molar refractivity (Wildman–Crippen MR) is 42.3 cm³/mol. The molecule has 0 bridgehead atoms. The second kappa shape index (κ2) is 2.40. The van der Waals surface area contributed by atoms with Crippen molar-refractivity contribution in [2.75, 3.05) is 0 Å². The van der Waals surface area contributed by atoms with Crippen molar-refractivity contribution in [3.05, 3.63) is 0 Å². The molecule has 1 saturated heterocycles. The highest BCUT2D eigenvalue weighted by atomic mass is 16.6. The third-order valence-corrected chi connectivity index (χ3v) is 1.97. The van der Waals surface area contributed by atoms with Gasteiger partial charge >= 0.3 is 6.09 Å². The topological polar surface area (TPSA) is 38.3 Å². The molecule has 64 valence electrons. The first-order chi connectivity index (χ1) is 4.91. The van der Waals surface area contributed by atoms with Crippen LogP contribution in [0.1, 0.15) is 27.7 Å². The molecule has 11 heavy (non-hydrogen) atoms. The van der Waals surface area contributed by atoms with E-state index in [-0.39, 0.29) is 23.7 Å². The molecule has 0 radical (unpaired) electrons. The number of rotatable bonds is 0. The summed E-state index contributed by atoms with van der Waals surface area (Å²) in [5.74, 6) is 0.